The molecule has 0 N–H and O–H groups in total. The Labute approximate surface area is 112 Å². The summed E-state index contributed by atoms with van der Waals surface area (Å²) in [5.41, 5.74) is 0.415. The molecule has 0 amide bonds. The minimum atomic E-state index is 0.406. The maximum Gasteiger partial charge on any atom is 0.138 e. The molecule has 0 aliphatic heterocycles. The van der Waals surface area contributed by atoms with Crippen LogP contribution in [0.15, 0.2) is 6.33 Å². The number of halogens is 1. The zero-order chi connectivity index (χ0) is 12.3. The van der Waals surface area contributed by atoms with Crippen molar-refractivity contribution in [1.29, 1.82) is 0 Å². The number of rotatable bonds is 4. The topological polar surface area (TPSA) is 30.7 Å². The summed E-state index contributed by atoms with van der Waals surface area (Å²) in [6, 6.07) is 0.406. The van der Waals surface area contributed by atoms with Gasteiger partial charge in [-0.15, -0.1) is 0 Å². The van der Waals surface area contributed by atoms with Crippen molar-refractivity contribution in [2.24, 2.45) is 5.41 Å². The zero-order valence-corrected chi connectivity index (χ0v) is 12.4. The Bertz CT molecular complexity index is 353. The monoisotopic (exact) mass is 299 g/mol. The minimum Gasteiger partial charge on any atom is -0.248 e. The summed E-state index contributed by atoms with van der Waals surface area (Å²) in [5, 5.41) is 5.43. The van der Waals surface area contributed by atoms with Crippen molar-refractivity contribution in [2.45, 2.75) is 58.4 Å². The summed E-state index contributed by atoms with van der Waals surface area (Å²) < 4.78 is 2.07. The van der Waals surface area contributed by atoms with E-state index in [-0.39, 0.29) is 0 Å². The van der Waals surface area contributed by atoms with E-state index in [2.05, 4.69) is 44.5 Å². The van der Waals surface area contributed by atoms with Gasteiger partial charge in [-0.1, -0.05) is 35.2 Å². The lowest BCUT2D eigenvalue weighted by Gasteiger charge is -2.35. The molecule has 1 saturated carbocycles. The van der Waals surface area contributed by atoms with Gasteiger partial charge in [0.05, 0.1) is 0 Å². The zero-order valence-electron chi connectivity index (χ0n) is 10.8. The molecular formula is C13H22BrN3. The second-order valence-corrected chi connectivity index (χ2v) is 6.15. The molecule has 1 fully saturated rings. The van der Waals surface area contributed by atoms with E-state index in [0.29, 0.717) is 11.5 Å². The van der Waals surface area contributed by atoms with E-state index in [9.17, 15) is 0 Å². The predicted molar refractivity (Wildman–Crippen MR) is 73.4 cm³/mol. The molecule has 1 aliphatic rings. The van der Waals surface area contributed by atoms with E-state index in [1.165, 1.54) is 32.1 Å². The van der Waals surface area contributed by atoms with Gasteiger partial charge >= 0.3 is 0 Å². The van der Waals surface area contributed by atoms with Gasteiger partial charge in [0, 0.05) is 17.8 Å². The molecule has 0 saturated heterocycles. The molecule has 4 heteroatoms. The average molecular weight is 300 g/mol. The van der Waals surface area contributed by atoms with Crippen LogP contribution in [0.25, 0.3) is 0 Å². The van der Waals surface area contributed by atoms with E-state index in [1.807, 2.05) is 0 Å². The van der Waals surface area contributed by atoms with Crippen molar-refractivity contribution in [1.82, 2.24) is 14.8 Å². The van der Waals surface area contributed by atoms with Gasteiger partial charge in [0.2, 0.25) is 0 Å². The molecule has 96 valence electrons. The van der Waals surface area contributed by atoms with Crippen molar-refractivity contribution < 1.29 is 0 Å². The van der Waals surface area contributed by atoms with Gasteiger partial charge in [0.15, 0.2) is 0 Å². The Morgan fingerprint density at radius 1 is 1.35 bits per heavy atom. The fraction of sp³-hybridized carbons (Fsp3) is 0.846. The Morgan fingerprint density at radius 3 is 2.65 bits per heavy atom. The lowest BCUT2D eigenvalue weighted by Crippen LogP contribution is -2.30. The van der Waals surface area contributed by atoms with Crippen LogP contribution >= 0.6 is 15.9 Å². The maximum atomic E-state index is 4.46. The van der Waals surface area contributed by atoms with Gasteiger partial charge in [0.25, 0.3) is 0 Å². The molecule has 1 aromatic heterocycles. The molecule has 0 bridgehead atoms. The highest BCUT2D eigenvalue weighted by atomic mass is 79.9. The Kier molecular flexibility index (Phi) is 4.23. The van der Waals surface area contributed by atoms with E-state index in [4.69, 9.17) is 0 Å². The van der Waals surface area contributed by atoms with Gasteiger partial charge in [-0.05, 0) is 32.1 Å². The molecule has 17 heavy (non-hydrogen) atoms. The lowest BCUT2D eigenvalue weighted by atomic mass is 9.73. The number of hydrogen-bond donors (Lipinski definition) is 0. The predicted octanol–water partition coefficient (Wildman–Crippen LogP) is 3.75. The molecule has 0 spiro atoms. The second-order valence-electron chi connectivity index (χ2n) is 5.59. The minimum absolute atomic E-state index is 0.406. The van der Waals surface area contributed by atoms with Crippen molar-refractivity contribution in [3.05, 3.63) is 12.2 Å². The molecule has 1 aromatic rings. The lowest BCUT2D eigenvalue weighted by molar-refractivity contribution is 0.215. The fourth-order valence-electron chi connectivity index (χ4n) is 2.83. The second kappa shape index (κ2) is 5.51. The Hall–Kier alpha value is -0.380. The van der Waals surface area contributed by atoms with Crippen LogP contribution in [-0.2, 0) is 6.42 Å². The summed E-state index contributed by atoms with van der Waals surface area (Å²) in [6.07, 6.45) is 9.53. The van der Waals surface area contributed by atoms with Crippen LogP contribution in [0.3, 0.4) is 0 Å². The molecule has 3 nitrogen and oxygen atoms in total. The van der Waals surface area contributed by atoms with Crippen LogP contribution in [0.5, 0.6) is 0 Å². The van der Waals surface area contributed by atoms with Crippen molar-refractivity contribution in [3.63, 3.8) is 0 Å². The molecular weight excluding hydrogens is 278 g/mol. The third-order valence-corrected chi connectivity index (χ3v) is 5.06. The first-order valence-corrected chi connectivity index (χ1v) is 7.73. The molecule has 1 aliphatic carbocycles. The van der Waals surface area contributed by atoms with Gasteiger partial charge in [-0.3, -0.25) is 0 Å². The first-order chi connectivity index (χ1) is 8.17. The van der Waals surface area contributed by atoms with Crippen LogP contribution in [0.1, 0.15) is 57.8 Å². The number of aromatic nitrogens is 3. The normalized spacial score (nSPS) is 19.8. The van der Waals surface area contributed by atoms with Crippen LogP contribution in [-0.4, -0.2) is 20.1 Å². The van der Waals surface area contributed by atoms with E-state index in [1.54, 1.807) is 6.33 Å². The standard InChI is InChI=1S/C13H22BrN3/c1-11(2)17-12(15-10-16-17)8-13(9-14)6-4-3-5-7-13/h10-11H,3-9H2,1-2H3. The summed E-state index contributed by atoms with van der Waals surface area (Å²) >= 11 is 3.72. The number of nitrogens with zero attached hydrogens (tertiary/aromatic N) is 3. The molecule has 1 heterocycles. The first-order valence-electron chi connectivity index (χ1n) is 6.61. The van der Waals surface area contributed by atoms with Crippen molar-refractivity contribution >= 4 is 15.9 Å². The van der Waals surface area contributed by atoms with Crippen LogP contribution in [0.2, 0.25) is 0 Å². The first kappa shape index (κ1) is 13.1. The summed E-state index contributed by atoms with van der Waals surface area (Å²) in [4.78, 5) is 4.46. The molecule has 0 aromatic carbocycles. The van der Waals surface area contributed by atoms with Crippen LogP contribution in [0.4, 0.5) is 0 Å². The van der Waals surface area contributed by atoms with Gasteiger partial charge < -0.3 is 0 Å². The average Bonchev–Trinajstić information content (AvgIpc) is 2.78. The quantitative estimate of drug-likeness (QED) is 0.793. The maximum absolute atomic E-state index is 4.46. The van der Waals surface area contributed by atoms with E-state index < -0.39 is 0 Å². The smallest absolute Gasteiger partial charge is 0.138 e. The van der Waals surface area contributed by atoms with Crippen molar-refractivity contribution in [3.8, 4) is 0 Å². The fourth-order valence-corrected chi connectivity index (χ4v) is 3.59. The molecule has 0 atom stereocenters. The highest BCUT2D eigenvalue weighted by molar-refractivity contribution is 9.09. The van der Waals surface area contributed by atoms with Gasteiger partial charge in [-0.25, -0.2) is 9.67 Å². The number of hydrogen-bond acceptors (Lipinski definition) is 2. The summed E-state index contributed by atoms with van der Waals surface area (Å²) in [5.74, 6) is 1.15. The number of alkyl halides is 1. The Balaban J connectivity index is 2.14. The third kappa shape index (κ3) is 2.90. The van der Waals surface area contributed by atoms with Gasteiger partial charge in [0.1, 0.15) is 12.2 Å². The molecule has 2 rings (SSSR count). The SMILES string of the molecule is CC(C)n1ncnc1CC1(CBr)CCCCC1. The Morgan fingerprint density at radius 2 is 2.06 bits per heavy atom. The third-order valence-electron chi connectivity index (χ3n) is 3.87. The molecule has 0 radical (unpaired) electrons. The molecule has 0 unspecified atom stereocenters. The largest absolute Gasteiger partial charge is 0.248 e. The summed E-state index contributed by atoms with van der Waals surface area (Å²) in [7, 11) is 0. The van der Waals surface area contributed by atoms with Crippen LogP contribution < -0.4 is 0 Å². The van der Waals surface area contributed by atoms with E-state index in [0.717, 1.165) is 17.6 Å². The van der Waals surface area contributed by atoms with Crippen LogP contribution in [0, 0.1) is 5.41 Å². The highest BCUT2D eigenvalue weighted by Crippen LogP contribution is 2.40. The van der Waals surface area contributed by atoms with Crippen molar-refractivity contribution in [2.75, 3.05) is 5.33 Å². The highest BCUT2D eigenvalue weighted by Gasteiger charge is 2.32. The van der Waals surface area contributed by atoms with E-state index >= 15 is 0 Å². The summed E-state index contributed by atoms with van der Waals surface area (Å²) in [6.45, 7) is 4.33. The van der Waals surface area contributed by atoms with Gasteiger partial charge in [-0.2, -0.15) is 5.10 Å².